The summed E-state index contributed by atoms with van der Waals surface area (Å²) < 4.78 is 10.8. The van der Waals surface area contributed by atoms with Gasteiger partial charge in [-0.1, -0.05) is 24.3 Å². The summed E-state index contributed by atoms with van der Waals surface area (Å²) in [5.41, 5.74) is 4.06. The molecule has 0 saturated carbocycles. The van der Waals surface area contributed by atoms with Crippen LogP contribution in [-0.4, -0.2) is 26.0 Å². The van der Waals surface area contributed by atoms with E-state index in [1.54, 1.807) is 14.2 Å². The van der Waals surface area contributed by atoms with Crippen molar-refractivity contribution in [3.05, 3.63) is 59.2 Å². The fraction of sp³-hybridized carbons (Fsp3) is 0.300. The van der Waals surface area contributed by atoms with E-state index in [-0.39, 0.29) is 18.0 Å². The van der Waals surface area contributed by atoms with Crippen LogP contribution in [0.1, 0.15) is 29.2 Å². The Balaban J connectivity index is 1.78. The molecule has 1 aliphatic heterocycles. The molecule has 5 heteroatoms. The minimum Gasteiger partial charge on any atom is -0.497 e. The van der Waals surface area contributed by atoms with E-state index in [2.05, 4.69) is 10.3 Å². The SMILES string of the molecule is COc1cccc(C2NC(=O)N=C3c4cccc(OC)c4CCC32)c1. The van der Waals surface area contributed by atoms with Crippen molar-refractivity contribution in [1.82, 2.24) is 5.32 Å². The normalized spacial score (nSPS) is 21.5. The molecule has 25 heavy (non-hydrogen) atoms. The molecule has 0 bridgehead atoms. The highest BCUT2D eigenvalue weighted by molar-refractivity contribution is 6.11. The number of hydrogen-bond acceptors (Lipinski definition) is 3. The van der Waals surface area contributed by atoms with Crippen molar-refractivity contribution in [2.24, 2.45) is 10.9 Å². The van der Waals surface area contributed by atoms with Gasteiger partial charge in [-0.15, -0.1) is 0 Å². The highest BCUT2D eigenvalue weighted by atomic mass is 16.5. The van der Waals surface area contributed by atoms with Crippen LogP contribution >= 0.6 is 0 Å². The number of nitrogens with one attached hydrogen (secondary N) is 1. The van der Waals surface area contributed by atoms with E-state index in [0.717, 1.165) is 46.7 Å². The van der Waals surface area contributed by atoms with Crippen LogP contribution in [0.5, 0.6) is 11.5 Å². The van der Waals surface area contributed by atoms with Crippen molar-refractivity contribution >= 4 is 11.7 Å². The molecule has 0 spiro atoms. The molecule has 2 aromatic carbocycles. The highest BCUT2D eigenvalue weighted by Crippen LogP contribution is 2.40. The Hall–Kier alpha value is -2.82. The van der Waals surface area contributed by atoms with Crippen LogP contribution in [0.4, 0.5) is 4.79 Å². The Labute approximate surface area is 146 Å². The number of nitrogens with zero attached hydrogens (tertiary/aromatic N) is 1. The van der Waals surface area contributed by atoms with Gasteiger partial charge in [-0.25, -0.2) is 4.79 Å². The van der Waals surface area contributed by atoms with Crippen LogP contribution in [0.2, 0.25) is 0 Å². The molecule has 1 heterocycles. The molecule has 1 N–H and O–H groups in total. The van der Waals surface area contributed by atoms with E-state index in [0.29, 0.717) is 0 Å². The van der Waals surface area contributed by atoms with Crippen molar-refractivity contribution in [1.29, 1.82) is 0 Å². The van der Waals surface area contributed by atoms with Gasteiger partial charge < -0.3 is 14.8 Å². The lowest BCUT2D eigenvalue weighted by Crippen LogP contribution is -2.43. The zero-order chi connectivity index (χ0) is 17.4. The molecule has 0 fully saturated rings. The number of carbonyl (C=O) groups is 1. The Bertz CT molecular complexity index is 860. The Morgan fingerprint density at radius 3 is 2.76 bits per heavy atom. The van der Waals surface area contributed by atoms with Crippen LogP contribution in [0.25, 0.3) is 0 Å². The van der Waals surface area contributed by atoms with E-state index < -0.39 is 0 Å². The largest absolute Gasteiger partial charge is 0.497 e. The second-order valence-corrected chi connectivity index (χ2v) is 6.33. The number of amides is 2. The lowest BCUT2D eigenvalue weighted by Gasteiger charge is -2.36. The number of hydrogen-bond donors (Lipinski definition) is 1. The van der Waals surface area contributed by atoms with Gasteiger partial charge in [-0.3, -0.25) is 0 Å². The number of benzene rings is 2. The molecule has 4 rings (SSSR count). The van der Waals surface area contributed by atoms with Gasteiger partial charge in [0, 0.05) is 17.0 Å². The monoisotopic (exact) mass is 336 g/mol. The summed E-state index contributed by atoms with van der Waals surface area (Å²) in [6, 6.07) is 13.4. The maximum Gasteiger partial charge on any atom is 0.341 e. The number of aliphatic imine (C=N–C) groups is 1. The van der Waals surface area contributed by atoms with E-state index in [4.69, 9.17) is 9.47 Å². The molecular formula is C20H20N2O3. The Morgan fingerprint density at radius 2 is 1.96 bits per heavy atom. The Kier molecular flexibility index (Phi) is 3.92. The maximum atomic E-state index is 12.3. The average Bonchev–Trinajstić information content (AvgIpc) is 2.66. The van der Waals surface area contributed by atoms with Crippen LogP contribution < -0.4 is 14.8 Å². The van der Waals surface area contributed by atoms with E-state index >= 15 is 0 Å². The Morgan fingerprint density at radius 1 is 1.12 bits per heavy atom. The minimum atomic E-state index is -0.297. The summed E-state index contributed by atoms with van der Waals surface area (Å²) in [5, 5.41) is 3.03. The molecule has 0 saturated heterocycles. The zero-order valence-electron chi connectivity index (χ0n) is 14.3. The van der Waals surface area contributed by atoms with Crippen molar-refractivity contribution in [2.75, 3.05) is 14.2 Å². The van der Waals surface area contributed by atoms with Crippen molar-refractivity contribution in [3.8, 4) is 11.5 Å². The zero-order valence-corrected chi connectivity index (χ0v) is 14.3. The topological polar surface area (TPSA) is 59.9 Å². The standard InChI is InChI=1S/C20H20N2O3/c1-24-13-6-3-5-12(11-13)18-16-10-9-14-15(7-4-8-17(14)25-2)19(16)22-20(23)21-18/h3-8,11,16,18H,9-10H2,1-2H3,(H,21,23). The summed E-state index contributed by atoms with van der Waals surface area (Å²) in [5.74, 6) is 1.79. The number of urea groups is 1. The molecule has 2 unspecified atom stereocenters. The third-order valence-electron chi connectivity index (χ3n) is 5.04. The van der Waals surface area contributed by atoms with Crippen molar-refractivity contribution in [2.45, 2.75) is 18.9 Å². The molecular weight excluding hydrogens is 316 g/mol. The predicted molar refractivity (Wildman–Crippen MR) is 95.6 cm³/mol. The number of rotatable bonds is 3. The smallest absolute Gasteiger partial charge is 0.341 e. The summed E-state index contributed by atoms with van der Waals surface area (Å²) in [6.45, 7) is 0. The third-order valence-corrected chi connectivity index (χ3v) is 5.04. The molecule has 5 nitrogen and oxygen atoms in total. The molecule has 0 radical (unpaired) electrons. The molecule has 2 aliphatic rings. The summed E-state index contributed by atoms with van der Waals surface area (Å²) in [6.07, 6.45) is 1.81. The van der Waals surface area contributed by atoms with Gasteiger partial charge in [0.1, 0.15) is 11.5 Å². The first-order chi connectivity index (χ1) is 12.2. The second kappa shape index (κ2) is 6.24. The van der Waals surface area contributed by atoms with Crippen LogP contribution in [0.15, 0.2) is 47.5 Å². The average molecular weight is 336 g/mol. The molecule has 1 aliphatic carbocycles. The fourth-order valence-electron chi connectivity index (χ4n) is 3.88. The molecule has 2 amide bonds. The second-order valence-electron chi connectivity index (χ2n) is 6.33. The lowest BCUT2D eigenvalue weighted by molar-refractivity contribution is 0.239. The molecule has 128 valence electrons. The number of methoxy groups -OCH3 is 2. The summed E-state index contributed by atoms with van der Waals surface area (Å²) >= 11 is 0. The maximum absolute atomic E-state index is 12.3. The number of ether oxygens (including phenoxy) is 2. The van der Waals surface area contributed by atoms with Gasteiger partial charge in [0.25, 0.3) is 0 Å². The van der Waals surface area contributed by atoms with Crippen molar-refractivity contribution in [3.63, 3.8) is 0 Å². The first-order valence-corrected chi connectivity index (χ1v) is 8.40. The minimum absolute atomic E-state index is 0.102. The van der Waals surface area contributed by atoms with Gasteiger partial charge in [-0.2, -0.15) is 4.99 Å². The highest BCUT2D eigenvalue weighted by Gasteiger charge is 2.38. The lowest BCUT2D eigenvalue weighted by atomic mass is 9.75. The van der Waals surface area contributed by atoms with E-state index in [1.165, 1.54) is 0 Å². The van der Waals surface area contributed by atoms with E-state index in [9.17, 15) is 4.79 Å². The quantitative estimate of drug-likeness (QED) is 0.933. The number of carbonyl (C=O) groups excluding carboxylic acids is 1. The summed E-state index contributed by atoms with van der Waals surface area (Å²) in [7, 11) is 3.32. The molecule has 2 aromatic rings. The van der Waals surface area contributed by atoms with Gasteiger partial charge in [0.2, 0.25) is 0 Å². The first-order valence-electron chi connectivity index (χ1n) is 8.40. The van der Waals surface area contributed by atoms with Gasteiger partial charge in [-0.05, 0) is 36.6 Å². The van der Waals surface area contributed by atoms with Crippen molar-refractivity contribution < 1.29 is 14.3 Å². The van der Waals surface area contributed by atoms with Crippen LogP contribution in [-0.2, 0) is 6.42 Å². The van der Waals surface area contributed by atoms with Gasteiger partial charge >= 0.3 is 6.03 Å². The third kappa shape index (κ3) is 2.65. The number of fused-ring (bicyclic) bond motifs is 3. The van der Waals surface area contributed by atoms with E-state index in [1.807, 2.05) is 42.5 Å². The fourth-order valence-corrected chi connectivity index (χ4v) is 3.88. The van der Waals surface area contributed by atoms with Gasteiger partial charge in [0.05, 0.1) is 26.0 Å². The first kappa shape index (κ1) is 15.7. The molecule has 0 aromatic heterocycles. The van der Waals surface area contributed by atoms with Crippen LogP contribution in [0, 0.1) is 5.92 Å². The predicted octanol–water partition coefficient (Wildman–Crippen LogP) is 3.52. The molecule has 2 atom stereocenters. The van der Waals surface area contributed by atoms with Gasteiger partial charge in [0.15, 0.2) is 0 Å². The summed E-state index contributed by atoms with van der Waals surface area (Å²) in [4.78, 5) is 16.6. The van der Waals surface area contributed by atoms with Crippen LogP contribution in [0.3, 0.4) is 0 Å².